The number of H-pyrrole nitrogens is 1. The van der Waals surface area contributed by atoms with Gasteiger partial charge >= 0.3 is 0 Å². The van der Waals surface area contributed by atoms with E-state index >= 15 is 0 Å². The topological polar surface area (TPSA) is 91.7 Å². The summed E-state index contributed by atoms with van der Waals surface area (Å²) in [5.74, 6) is 1.17. The predicted octanol–water partition coefficient (Wildman–Crippen LogP) is 5.62. The van der Waals surface area contributed by atoms with Crippen molar-refractivity contribution >= 4 is 57.5 Å². The molecule has 3 heterocycles. The Balaban J connectivity index is 1.44. The molecule has 5 rings (SSSR count). The van der Waals surface area contributed by atoms with Gasteiger partial charge < -0.3 is 5.32 Å². The van der Waals surface area contributed by atoms with Crippen LogP contribution in [-0.2, 0) is 0 Å². The number of halogens is 1. The number of nitrogens with zero attached hydrogens (tertiary/aromatic N) is 5. The zero-order chi connectivity index (χ0) is 20.3. The van der Waals surface area contributed by atoms with Crippen LogP contribution in [0.2, 0.25) is 5.02 Å². The number of aliphatic imine (C=N–C) groups is 1. The monoisotopic (exact) mass is 431 g/mol. The molecular weight excluding hydrogens is 418 g/mol. The molecule has 0 spiro atoms. The molecular formula is C21H14ClN7S. The molecule has 0 atom stereocenters. The van der Waals surface area contributed by atoms with Gasteiger partial charge in [0, 0.05) is 34.1 Å². The van der Waals surface area contributed by atoms with E-state index in [1.165, 1.54) is 6.33 Å². The Bertz CT molecular complexity index is 1330. The van der Waals surface area contributed by atoms with E-state index in [1.54, 1.807) is 23.7 Å². The van der Waals surface area contributed by atoms with Crippen molar-refractivity contribution in [1.82, 2.24) is 25.1 Å². The summed E-state index contributed by atoms with van der Waals surface area (Å²) in [6, 6.07) is 15.5. The molecule has 0 aliphatic rings. The van der Waals surface area contributed by atoms with Crippen LogP contribution < -0.4 is 5.32 Å². The maximum Gasteiger partial charge on any atom is 0.188 e. The zero-order valence-electron chi connectivity index (χ0n) is 15.5. The van der Waals surface area contributed by atoms with Gasteiger partial charge in [0.05, 0.1) is 0 Å². The molecule has 3 aromatic heterocycles. The smallest absolute Gasteiger partial charge is 0.188 e. The van der Waals surface area contributed by atoms with E-state index in [-0.39, 0.29) is 0 Å². The first-order chi connectivity index (χ1) is 14.8. The Labute approximate surface area is 180 Å². The van der Waals surface area contributed by atoms with E-state index in [2.05, 4.69) is 35.5 Å². The van der Waals surface area contributed by atoms with E-state index in [9.17, 15) is 0 Å². The fourth-order valence-electron chi connectivity index (χ4n) is 2.95. The van der Waals surface area contributed by atoms with Crippen molar-refractivity contribution < 1.29 is 0 Å². The normalized spacial score (nSPS) is 11.4. The van der Waals surface area contributed by atoms with Crippen molar-refractivity contribution in [3.8, 4) is 10.6 Å². The summed E-state index contributed by atoms with van der Waals surface area (Å²) in [7, 11) is 0. The first kappa shape index (κ1) is 18.4. The van der Waals surface area contributed by atoms with Gasteiger partial charge in [-0.2, -0.15) is 5.10 Å². The summed E-state index contributed by atoms with van der Waals surface area (Å²) in [4.78, 5) is 17.5. The number of nitrogens with one attached hydrogen (secondary N) is 2. The third-order valence-electron chi connectivity index (χ3n) is 4.35. The summed E-state index contributed by atoms with van der Waals surface area (Å²) in [6.07, 6.45) is 5.03. The second-order valence-corrected chi connectivity index (χ2v) is 7.68. The van der Waals surface area contributed by atoms with Gasteiger partial charge in [0.25, 0.3) is 0 Å². The lowest BCUT2D eigenvalue weighted by Crippen LogP contribution is -1.95. The molecule has 0 aliphatic heterocycles. The average molecular weight is 432 g/mol. The highest BCUT2D eigenvalue weighted by atomic mass is 35.5. The van der Waals surface area contributed by atoms with Crippen LogP contribution in [0.1, 0.15) is 5.56 Å². The van der Waals surface area contributed by atoms with E-state index in [0.29, 0.717) is 27.7 Å². The first-order valence-electron chi connectivity index (χ1n) is 9.02. The Morgan fingerprint density at radius 2 is 1.97 bits per heavy atom. The van der Waals surface area contributed by atoms with Crippen LogP contribution in [0.25, 0.3) is 21.6 Å². The van der Waals surface area contributed by atoms with Gasteiger partial charge in [0.1, 0.15) is 22.5 Å². The second-order valence-electron chi connectivity index (χ2n) is 6.35. The predicted molar refractivity (Wildman–Crippen MR) is 121 cm³/mol. The van der Waals surface area contributed by atoms with Crippen LogP contribution >= 0.6 is 22.9 Å². The second kappa shape index (κ2) is 8.02. The zero-order valence-corrected chi connectivity index (χ0v) is 17.0. The van der Waals surface area contributed by atoms with Gasteiger partial charge in [-0.3, -0.25) is 5.10 Å². The molecule has 30 heavy (non-hydrogen) atoms. The number of rotatable bonds is 5. The Morgan fingerprint density at radius 1 is 1.07 bits per heavy atom. The highest BCUT2D eigenvalue weighted by Gasteiger charge is 2.12. The number of anilines is 2. The number of thiazole rings is 1. The van der Waals surface area contributed by atoms with E-state index in [0.717, 1.165) is 21.8 Å². The van der Waals surface area contributed by atoms with Crippen LogP contribution in [0.15, 0.2) is 71.4 Å². The van der Waals surface area contributed by atoms with Gasteiger partial charge in [0.15, 0.2) is 11.5 Å². The Morgan fingerprint density at radius 3 is 2.77 bits per heavy atom. The maximum absolute atomic E-state index is 6.08. The Kier molecular flexibility index (Phi) is 4.92. The molecule has 0 saturated carbocycles. The largest absolute Gasteiger partial charge is 0.339 e. The number of hydrogen-bond donors (Lipinski definition) is 2. The summed E-state index contributed by atoms with van der Waals surface area (Å²) < 4.78 is 0. The van der Waals surface area contributed by atoms with E-state index in [1.807, 2.05) is 53.9 Å². The van der Waals surface area contributed by atoms with Crippen molar-refractivity contribution in [2.75, 3.05) is 5.32 Å². The lowest BCUT2D eigenvalue weighted by molar-refractivity contribution is 1.08. The van der Waals surface area contributed by atoms with Gasteiger partial charge in [-0.15, -0.1) is 11.3 Å². The molecule has 0 radical (unpaired) electrons. The summed E-state index contributed by atoms with van der Waals surface area (Å²) in [6.45, 7) is 0. The Hall–Kier alpha value is -3.62. The van der Waals surface area contributed by atoms with Gasteiger partial charge in [-0.05, 0) is 23.8 Å². The van der Waals surface area contributed by atoms with Crippen LogP contribution in [-0.4, -0.2) is 31.4 Å². The highest BCUT2D eigenvalue weighted by molar-refractivity contribution is 7.13. The van der Waals surface area contributed by atoms with Crippen molar-refractivity contribution in [2.45, 2.75) is 0 Å². The van der Waals surface area contributed by atoms with E-state index < -0.39 is 0 Å². The molecule has 0 fully saturated rings. The number of hydrogen-bond acceptors (Lipinski definition) is 7. The van der Waals surface area contributed by atoms with Crippen LogP contribution in [0.4, 0.5) is 17.3 Å². The molecule has 0 unspecified atom stereocenters. The molecule has 7 nitrogen and oxygen atoms in total. The molecule has 146 valence electrons. The van der Waals surface area contributed by atoms with Crippen molar-refractivity contribution in [2.24, 2.45) is 4.99 Å². The maximum atomic E-state index is 6.08. The fourth-order valence-corrected chi connectivity index (χ4v) is 3.78. The van der Waals surface area contributed by atoms with Gasteiger partial charge in [-0.25, -0.2) is 19.9 Å². The lowest BCUT2D eigenvalue weighted by Gasteiger charge is -2.06. The third kappa shape index (κ3) is 3.78. The number of fused-ring (bicyclic) bond motifs is 1. The van der Waals surface area contributed by atoms with Crippen LogP contribution in [0.5, 0.6) is 0 Å². The van der Waals surface area contributed by atoms with Crippen molar-refractivity contribution in [3.63, 3.8) is 0 Å². The standard InChI is InChI=1S/C21H14ClN7S/c22-15-2-1-3-16(10-15)27-18-17-19(28-29-20(17)26-12-25-18)24-11-13-4-6-14(7-5-13)21-23-8-9-30-21/h1-12H,(H2,25,26,27,28,29). The van der Waals surface area contributed by atoms with Gasteiger partial charge in [0.2, 0.25) is 0 Å². The van der Waals surface area contributed by atoms with E-state index in [4.69, 9.17) is 11.6 Å². The summed E-state index contributed by atoms with van der Waals surface area (Å²) in [5.41, 5.74) is 3.38. The molecule has 2 aromatic carbocycles. The quantitative estimate of drug-likeness (QED) is 0.352. The molecule has 2 N–H and O–H groups in total. The number of benzene rings is 2. The first-order valence-corrected chi connectivity index (χ1v) is 10.3. The minimum Gasteiger partial charge on any atom is -0.339 e. The molecule has 9 heteroatoms. The third-order valence-corrected chi connectivity index (χ3v) is 5.41. The molecule has 0 aliphatic carbocycles. The lowest BCUT2D eigenvalue weighted by atomic mass is 10.1. The molecule has 0 bridgehead atoms. The summed E-state index contributed by atoms with van der Waals surface area (Å²) >= 11 is 7.69. The minimum absolute atomic E-state index is 0.529. The van der Waals surface area contributed by atoms with Gasteiger partial charge in [-0.1, -0.05) is 41.9 Å². The SMILES string of the molecule is Clc1cccc(Nc2ncnc3n[nH]c(N=Cc4ccc(-c5nccs5)cc4)c23)c1. The van der Waals surface area contributed by atoms with Crippen molar-refractivity contribution in [1.29, 1.82) is 0 Å². The molecule has 5 aromatic rings. The molecule has 0 amide bonds. The number of aromatic nitrogens is 5. The van der Waals surface area contributed by atoms with Crippen LogP contribution in [0, 0.1) is 0 Å². The molecule has 0 saturated heterocycles. The van der Waals surface area contributed by atoms with Crippen molar-refractivity contribution in [3.05, 3.63) is 77.0 Å². The highest BCUT2D eigenvalue weighted by Crippen LogP contribution is 2.30. The summed E-state index contributed by atoms with van der Waals surface area (Å²) in [5, 5.41) is 14.7. The average Bonchev–Trinajstić information content (AvgIpc) is 3.44. The number of aromatic amines is 1. The van der Waals surface area contributed by atoms with Crippen LogP contribution in [0.3, 0.4) is 0 Å². The minimum atomic E-state index is 0.529. The fraction of sp³-hybridized carbons (Fsp3) is 0.